The zero-order valence-electron chi connectivity index (χ0n) is 20.0. The van der Waals surface area contributed by atoms with Crippen LogP contribution in [0.1, 0.15) is 58.2 Å². The molecule has 32 heavy (non-hydrogen) atoms. The van der Waals surface area contributed by atoms with Gasteiger partial charge in [-0.05, 0) is 63.9 Å². The Morgan fingerprint density at radius 3 is 1.69 bits per heavy atom. The van der Waals surface area contributed by atoms with E-state index in [0.717, 1.165) is 11.4 Å². The molecule has 3 nitrogen and oxygen atoms in total. The lowest BCUT2D eigenvalue weighted by Gasteiger charge is -2.26. The molecule has 0 saturated heterocycles. The minimum atomic E-state index is 0.0923. The summed E-state index contributed by atoms with van der Waals surface area (Å²) >= 11 is 6.02. The van der Waals surface area contributed by atoms with Gasteiger partial charge in [0, 0.05) is 10.7 Å². The Balaban J connectivity index is 1.96. The van der Waals surface area contributed by atoms with E-state index in [1.807, 2.05) is 29.2 Å². The maximum Gasteiger partial charge on any atom is 0.201 e. The van der Waals surface area contributed by atoms with Gasteiger partial charge in [-0.2, -0.15) is 0 Å². The van der Waals surface area contributed by atoms with E-state index in [-0.39, 0.29) is 10.8 Å². The summed E-state index contributed by atoms with van der Waals surface area (Å²) in [7, 11) is 0. The Labute approximate surface area is 197 Å². The summed E-state index contributed by atoms with van der Waals surface area (Å²) in [5.74, 6) is 0.440. The molecule has 0 saturated carbocycles. The Morgan fingerprint density at radius 1 is 0.750 bits per heavy atom. The summed E-state index contributed by atoms with van der Waals surface area (Å²) in [6, 6.07) is 24.7. The zero-order chi connectivity index (χ0) is 23.5. The molecule has 0 spiro atoms. The van der Waals surface area contributed by atoms with Crippen LogP contribution >= 0.6 is 11.6 Å². The minimum Gasteiger partial charge on any atom is -0.369 e. The highest BCUT2D eigenvalue weighted by Gasteiger charge is 2.17. The van der Waals surface area contributed by atoms with E-state index in [0.29, 0.717) is 17.5 Å². The van der Waals surface area contributed by atoms with Crippen molar-refractivity contribution in [2.75, 3.05) is 4.90 Å². The van der Waals surface area contributed by atoms with Crippen molar-refractivity contribution < 1.29 is 0 Å². The number of guanidine groups is 1. The first-order valence-electron chi connectivity index (χ1n) is 11.0. The Morgan fingerprint density at radius 2 is 1.22 bits per heavy atom. The lowest BCUT2D eigenvalue weighted by molar-refractivity contribution is 0.589. The van der Waals surface area contributed by atoms with Gasteiger partial charge in [-0.25, -0.2) is 4.99 Å². The number of benzene rings is 3. The monoisotopic (exact) mass is 447 g/mol. The number of nitrogens with two attached hydrogens (primary N) is 1. The van der Waals surface area contributed by atoms with Gasteiger partial charge in [0.25, 0.3) is 0 Å². The molecule has 2 N–H and O–H groups in total. The van der Waals surface area contributed by atoms with Crippen LogP contribution < -0.4 is 10.6 Å². The highest BCUT2D eigenvalue weighted by Crippen LogP contribution is 2.27. The summed E-state index contributed by atoms with van der Waals surface area (Å²) in [4.78, 5) is 6.71. The average Bonchev–Trinajstić information content (AvgIpc) is 2.73. The van der Waals surface area contributed by atoms with E-state index in [4.69, 9.17) is 17.3 Å². The molecular formula is C28H34ClN3. The fourth-order valence-corrected chi connectivity index (χ4v) is 3.57. The maximum atomic E-state index is 6.53. The molecule has 3 rings (SSSR count). The van der Waals surface area contributed by atoms with Crippen molar-refractivity contribution in [2.45, 2.75) is 58.9 Å². The van der Waals surface area contributed by atoms with E-state index in [1.165, 1.54) is 16.7 Å². The summed E-state index contributed by atoms with van der Waals surface area (Å²) < 4.78 is 0. The molecule has 0 radical (unpaired) electrons. The normalized spacial score (nSPS) is 12.7. The highest BCUT2D eigenvalue weighted by atomic mass is 35.5. The molecule has 3 aromatic rings. The van der Waals surface area contributed by atoms with Crippen molar-refractivity contribution in [3.8, 4) is 0 Å². The number of hydrogen-bond acceptors (Lipinski definition) is 1. The van der Waals surface area contributed by atoms with E-state index in [1.54, 1.807) is 0 Å². The number of hydrogen-bond donors (Lipinski definition) is 1. The third-order valence-corrected chi connectivity index (χ3v) is 5.80. The highest BCUT2D eigenvalue weighted by molar-refractivity contribution is 6.30. The molecular weight excluding hydrogens is 414 g/mol. The predicted octanol–water partition coefficient (Wildman–Crippen LogP) is 7.59. The molecule has 4 heteroatoms. The van der Waals surface area contributed by atoms with Gasteiger partial charge in [0.1, 0.15) is 0 Å². The SMILES string of the molecule is CC(C)(C)c1ccc(CN(C(N)=Nc2ccc(Cl)cc2)c2ccc(C(C)(C)C)cc2)cc1. The minimum absolute atomic E-state index is 0.0923. The van der Waals surface area contributed by atoms with Crippen LogP contribution in [0.25, 0.3) is 0 Å². The molecule has 0 aliphatic heterocycles. The summed E-state index contributed by atoms with van der Waals surface area (Å²) in [6.07, 6.45) is 0. The first-order chi connectivity index (χ1) is 14.9. The number of halogens is 1. The van der Waals surface area contributed by atoms with Crippen LogP contribution in [0.15, 0.2) is 77.8 Å². The third-order valence-electron chi connectivity index (χ3n) is 5.55. The van der Waals surface area contributed by atoms with Gasteiger partial charge >= 0.3 is 0 Å². The van der Waals surface area contributed by atoms with Gasteiger partial charge in [0.15, 0.2) is 0 Å². The Bertz CT molecular complexity index is 1050. The molecule has 3 aromatic carbocycles. The molecule has 0 aromatic heterocycles. The van der Waals surface area contributed by atoms with Gasteiger partial charge in [-0.1, -0.05) is 89.5 Å². The van der Waals surface area contributed by atoms with E-state index in [2.05, 4.69) is 95.1 Å². The Hall–Kier alpha value is -2.78. The molecule has 0 bridgehead atoms. The quantitative estimate of drug-likeness (QED) is 0.330. The number of anilines is 1. The zero-order valence-corrected chi connectivity index (χ0v) is 20.7. The van der Waals surface area contributed by atoms with Crippen molar-refractivity contribution >= 4 is 28.9 Å². The molecule has 0 atom stereocenters. The van der Waals surface area contributed by atoms with Crippen LogP contribution in [0, 0.1) is 0 Å². The van der Waals surface area contributed by atoms with Crippen LogP contribution in [0.5, 0.6) is 0 Å². The summed E-state index contributed by atoms with van der Waals surface area (Å²) in [5, 5.41) is 0.677. The van der Waals surface area contributed by atoms with Gasteiger partial charge in [0.05, 0.1) is 12.2 Å². The second-order valence-corrected chi connectivity index (χ2v) is 10.7. The molecule has 0 aliphatic rings. The number of nitrogens with zero attached hydrogens (tertiary/aromatic N) is 2. The van der Waals surface area contributed by atoms with Gasteiger partial charge in [-0.15, -0.1) is 0 Å². The first kappa shape index (κ1) is 23.9. The molecule has 0 heterocycles. The summed E-state index contributed by atoms with van der Waals surface area (Å²) in [6.45, 7) is 13.9. The van der Waals surface area contributed by atoms with E-state index < -0.39 is 0 Å². The van der Waals surface area contributed by atoms with Crippen LogP contribution in [0.4, 0.5) is 11.4 Å². The van der Waals surface area contributed by atoms with Crippen molar-refractivity contribution in [3.63, 3.8) is 0 Å². The van der Waals surface area contributed by atoms with Crippen LogP contribution in [0.3, 0.4) is 0 Å². The summed E-state index contributed by atoms with van der Waals surface area (Å²) in [5.41, 5.74) is 12.3. The predicted molar refractivity (Wildman–Crippen MR) is 139 cm³/mol. The van der Waals surface area contributed by atoms with Gasteiger partial charge in [-0.3, -0.25) is 0 Å². The Kier molecular flexibility index (Phi) is 7.00. The molecule has 0 aliphatic carbocycles. The van der Waals surface area contributed by atoms with Gasteiger partial charge in [0.2, 0.25) is 5.96 Å². The third kappa shape index (κ3) is 6.14. The topological polar surface area (TPSA) is 41.6 Å². The van der Waals surface area contributed by atoms with Crippen molar-refractivity contribution in [1.29, 1.82) is 0 Å². The standard InChI is InChI=1S/C28H34ClN3/c1-27(2,3)21-9-7-20(8-10-21)19-32(25-17-11-22(12-18-25)28(4,5)6)26(30)31-24-15-13-23(29)14-16-24/h7-18H,19H2,1-6H3,(H2,30,31). The lowest BCUT2D eigenvalue weighted by atomic mass is 9.86. The average molecular weight is 448 g/mol. The van der Waals surface area contributed by atoms with Crippen molar-refractivity contribution in [3.05, 3.63) is 94.5 Å². The maximum absolute atomic E-state index is 6.53. The second kappa shape index (κ2) is 9.38. The molecule has 168 valence electrons. The van der Waals surface area contributed by atoms with E-state index in [9.17, 15) is 0 Å². The van der Waals surface area contributed by atoms with Crippen LogP contribution in [-0.4, -0.2) is 5.96 Å². The molecule has 0 amide bonds. The van der Waals surface area contributed by atoms with E-state index >= 15 is 0 Å². The molecule has 0 fully saturated rings. The second-order valence-electron chi connectivity index (χ2n) is 10.3. The fourth-order valence-electron chi connectivity index (χ4n) is 3.45. The number of rotatable bonds is 4. The molecule has 0 unspecified atom stereocenters. The van der Waals surface area contributed by atoms with Crippen molar-refractivity contribution in [2.24, 2.45) is 10.7 Å². The van der Waals surface area contributed by atoms with Crippen LogP contribution in [-0.2, 0) is 17.4 Å². The first-order valence-corrected chi connectivity index (χ1v) is 11.4. The number of aliphatic imine (C=N–C) groups is 1. The van der Waals surface area contributed by atoms with Crippen molar-refractivity contribution in [1.82, 2.24) is 0 Å². The largest absolute Gasteiger partial charge is 0.369 e. The lowest BCUT2D eigenvalue weighted by Crippen LogP contribution is -2.36. The fraction of sp³-hybridized carbons (Fsp3) is 0.321. The van der Waals surface area contributed by atoms with Crippen LogP contribution in [0.2, 0.25) is 5.02 Å². The smallest absolute Gasteiger partial charge is 0.201 e. The van der Waals surface area contributed by atoms with Gasteiger partial charge < -0.3 is 10.6 Å².